The molecule has 0 unspecified atom stereocenters. The molecule has 1 aromatic rings. The monoisotopic (exact) mass is 424 g/mol. The van der Waals surface area contributed by atoms with Gasteiger partial charge in [-0.25, -0.2) is 9.59 Å². The number of esters is 3. The summed E-state index contributed by atoms with van der Waals surface area (Å²) in [6.45, 7) is 11.5. The summed E-state index contributed by atoms with van der Waals surface area (Å²) in [7, 11) is 0. The van der Waals surface area contributed by atoms with Crippen LogP contribution in [0.3, 0.4) is 0 Å². The summed E-state index contributed by atoms with van der Waals surface area (Å²) < 4.78 is 26.9. The van der Waals surface area contributed by atoms with Crippen LogP contribution in [0.4, 0.5) is 0 Å². The molecule has 1 saturated carbocycles. The van der Waals surface area contributed by atoms with Gasteiger partial charge in [-0.15, -0.1) is 0 Å². The van der Waals surface area contributed by atoms with Crippen LogP contribution in [-0.4, -0.2) is 44.3 Å². The van der Waals surface area contributed by atoms with Gasteiger partial charge in [0.15, 0.2) is 0 Å². The van der Waals surface area contributed by atoms with Gasteiger partial charge in [0, 0.05) is 0 Å². The summed E-state index contributed by atoms with van der Waals surface area (Å²) >= 11 is 0. The van der Waals surface area contributed by atoms with Gasteiger partial charge in [0.1, 0.15) is 11.0 Å². The molecule has 8 nitrogen and oxygen atoms in total. The quantitative estimate of drug-likeness (QED) is 0.389. The van der Waals surface area contributed by atoms with E-state index in [0.29, 0.717) is 12.3 Å². The van der Waals surface area contributed by atoms with Gasteiger partial charge in [0.25, 0.3) is 5.95 Å². The van der Waals surface area contributed by atoms with Crippen LogP contribution in [0, 0.1) is 11.8 Å². The molecule has 2 atom stereocenters. The normalized spacial score (nSPS) is 20.0. The number of ether oxygens (including phenoxy) is 4. The van der Waals surface area contributed by atoms with Gasteiger partial charge in [-0.2, -0.15) is 0 Å². The largest absolute Gasteiger partial charge is 0.465 e. The maximum Gasteiger partial charge on any atom is 0.375 e. The first-order chi connectivity index (χ1) is 14.3. The summed E-state index contributed by atoms with van der Waals surface area (Å²) in [4.78, 5) is 38.6. The highest BCUT2D eigenvalue weighted by molar-refractivity contribution is 6.05. The molecule has 0 bridgehead atoms. The minimum Gasteiger partial charge on any atom is -0.465 e. The van der Waals surface area contributed by atoms with Crippen molar-refractivity contribution in [2.45, 2.75) is 59.8 Å². The molecule has 2 rings (SSSR count). The first-order valence-corrected chi connectivity index (χ1v) is 10.6. The molecule has 1 fully saturated rings. The van der Waals surface area contributed by atoms with E-state index in [-0.39, 0.29) is 55.2 Å². The summed E-state index contributed by atoms with van der Waals surface area (Å²) in [5.41, 5.74) is -1.01. The Kier molecular flexibility index (Phi) is 7.92. The van der Waals surface area contributed by atoms with Crippen molar-refractivity contribution in [3.63, 3.8) is 0 Å². The third-order valence-electron chi connectivity index (χ3n) is 5.04. The lowest BCUT2D eigenvalue weighted by Crippen LogP contribution is -2.29. The zero-order valence-corrected chi connectivity index (χ0v) is 18.7. The average Bonchev–Trinajstić information content (AvgIpc) is 3.24. The lowest BCUT2D eigenvalue weighted by molar-refractivity contribution is -0.146. The highest BCUT2D eigenvalue weighted by Crippen LogP contribution is 2.61. The Labute approximate surface area is 177 Å². The van der Waals surface area contributed by atoms with Crippen LogP contribution in [-0.2, 0) is 24.4 Å². The highest BCUT2D eigenvalue weighted by Gasteiger charge is 2.66. The maximum atomic E-state index is 13.1. The minimum absolute atomic E-state index is 0.0390. The van der Waals surface area contributed by atoms with Crippen molar-refractivity contribution in [2.75, 3.05) is 26.4 Å². The fourth-order valence-corrected chi connectivity index (χ4v) is 3.89. The van der Waals surface area contributed by atoms with Crippen molar-refractivity contribution < 1.29 is 37.7 Å². The molecule has 1 aliphatic carbocycles. The van der Waals surface area contributed by atoms with E-state index in [2.05, 4.69) is 13.8 Å². The molecule has 30 heavy (non-hydrogen) atoms. The van der Waals surface area contributed by atoms with Gasteiger partial charge in [-0.1, -0.05) is 13.8 Å². The maximum absolute atomic E-state index is 13.1. The number of carbonyl (C=O) groups excluding carboxylic acids is 3. The Balaban J connectivity index is 2.74. The molecular formula is C22H32O8. The summed E-state index contributed by atoms with van der Waals surface area (Å²) in [6.07, 6.45) is 1.21. The van der Waals surface area contributed by atoms with Gasteiger partial charge in [-0.3, -0.25) is 4.79 Å². The third kappa shape index (κ3) is 4.47. The molecule has 0 radical (unpaired) electrons. The van der Waals surface area contributed by atoms with Gasteiger partial charge in [-0.05, 0) is 52.4 Å². The second kappa shape index (κ2) is 10.00. The van der Waals surface area contributed by atoms with E-state index in [1.54, 1.807) is 27.7 Å². The van der Waals surface area contributed by atoms with E-state index in [4.69, 9.17) is 23.4 Å². The smallest absolute Gasteiger partial charge is 0.375 e. The van der Waals surface area contributed by atoms with E-state index in [1.165, 1.54) is 0 Å². The second-order valence-electron chi connectivity index (χ2n) is 7.57. The molecule has 0 saturated heterocycles. The van der Waals surface area contributed by atoms with Crippen molar-refractivity contribution in [2.24, 2.45) is 11.8 Å². The zero-order valence-electron chi connectivity index (χ0n) is 18.7. The molecule has 168 valence electrons. The topological polar surface area (TPSA) is 101 Å². The van der Waals surface area contributed by atoms with E-state index in [1.807, 2.05) is 0 Å². The average molecular weight is 424 g/mol. The Bertz CT molecular complexity index is 778. The fraction of sp³-hybridized carbons (Fsp3) is 0.682. The summed E-state index contributed by atoms with van der Waals surface area (Å²) in [5, 5.41) is 0. The van der Waals surface area contributed by atoms with Gasteiger partial charge in [0.05, 0.1) is 32.0 Å². The lowest BCUT2D eigenvalue weighted by atomic mass is 9.88. The Hall–Kier alpha value is -2.51. The van der Waals surface area contributed by atoms with E-state index >= 15 is 0 Å². The SMILES string of the molecule is CCOC(=O)c1oc(OCC)c([C@@]2(C(=O)OCC)C[C@@H]2CC(C)C)c1C(=O)OCC. The van der Waals surface area contributed by atoms with Crippen molar-refractivity contribution in [3.8, 4) is 5.95 Å². The highest BCUT2D eigenvalue weighted by atomic mass is 16.6. The molecule has 1 heterocycles. The first-order valence-electron chi connectivity index (χ1n) is 10.6. The van der Waals surface area contributed by atoms with Crippen molar-refractivity contribution >= 4 is 17.9 Å². The molecular weight excluding hydrogens is 392 g/mol. The first kappa shape index (κ1) is 23.8. The van der Waals surface area contributed by atoms with Crippen molar-refractivity contribution in [3.05, 3.63) is 16.9 Å². The van der Waals surface area contributed by atoms with Crippen molar-refractivity contribution in [1.82, 2.24) is 0 Å². The Morgan fingerprint density at radius 2 is 1.57 bits per heavy atom. The van der Waals surface area contributed by atoms with Crippen LogP contribution in [0.1, 0.15) is 80.9 Å². The van der Waals surface area contributed by atoms with Crippen LogP contribution in [0.25, 0.3) is 0 Å². The van der Waals surface area contributed by atoms with Crippen LogP contribution < -0.4 is 4.74 Å². The summed E-state index contributed by atoms with van der Waals surface area (Å²) in [6, 6.07) is 0. The predicted molar refractivity (Wildman–Crippen MR) is 108 cm³/mol. The van der Waals surface area contributed by atoms with Crippen molar-refractivity contribution in [1.29, 1.82) is 0 Å². The molecule has 8 heteroatoms. The van der Waals surface area contributed by atoms with Gasteiger partial charge in [0.2, 0.25) is 5.76 Å². The second-order valence-corrected chi connectivity index (χ2v) is 7.57. The number of rotatable bonds is 11. The standard InChI is InChI=1S/C22H32O8/c1-7-26-18(23)15-16(20(28-9-3)30-17(15)19(24)27-8-2)22(21(25)29-10-4)12-14(22)11-13(5)6/h13-14H,7-12H2,1-6H3/t14-,22+/m0/s1. The van der Waals surface area contributed by atoms with Crippen LogP contribution in [0.15, 0.2) is 4.42 Å². The number of carbonyl (C=O) groups is 3. The van der Waals surface area contributed by atoms with Gasteiger partial charge >= 0.3 is 17.9 Å². The van der Waals surface area contributed by atoms with Crippen LogP contribution >= 0.6 is 0 Å². The molecule has 0 spiro atoms. The Morgan fingerprint density at radius 3 is 2.10 bits per heavy atom. The molecule has 1 aromatic heterocycles. The molecule has 0 amide bonds. The lowest BCUT2D eigenvalue weighted by Gasteiger charge is -2.18. The molecule has 0 aromatic carbocycles. The van der Waals surface area contributed by atoms with Gasteiger partial charge < -0.3 is 23.4 Å². The number of hydrogen-bond acceptors (Lipinski definition) is 8. The number of furan rings is 1. The van der Waals surface area contributed by atoms with Crippen LogP contribution in [0.5, 0.6) is 5.95 Å². The molecule has 0 aliphatic heterocycles. The zero-order chi connectivity index (χ0) is 22.5. The van der Waals surface area contributed by atoms with E-state index in [0.717, 1.165) is 6.42 Å². The fourth-order valence-electron chi connectivity index (χ4n) is 3.89. The minimum atomic E-state index is -1.12. The molecule has 1 aliphatic rings. The van der Waals surface area contributed by atoms with E-state index < -0.39 is 23.3 Å². The van der Waals surface area contributed by atoms with Crippen LogP contribution in [0.2, 0.25) is 0 Å². The predicted octanol–water partition coefficient (Wildman–Crippen LogP) is 3.90. The van der Waals surface area contributed by atoms with E-state index in [9.17, 15) is 14.4 Å². The third-order valence-corrected chi connectivity index (χ3v) is 5.04. The Morgan fingerprint density at radius 1 is 0.967 bits per heavy atom. The summed E-state index contributed by atoms with van der Waals surface area (Å²) in [5.74, 6) is -2.13. The molecule has 0 N–H and O–H groups in total. The number of hydrogen-bond donors (Lipinski definition) is 0.